The third kappa shape index (κ3) is 3.72. The Bertz CT molecular complexity index is 768. The van der Waals surface area contributed by atoms with Crippen LogP contribution in [0.4, 0.5) is 0 Å². The van der Waals surface area contributed by atoms with Gasteiger partial charge in [0.1, 0.15) is 6.10 Å². The minimum Gasteiger partial charge on any atom is -0.458 e. The van der Waals surface area contributed by atoms with Crippen molar-refractivity contribution in [2.45, 2.75) is 62.8 Å². The normalized spacial score (nSPS) is 24.4. The first-order valence-corrected chi connectivity index (χ1v) is 10.8. The number of ether oxygens (including phenoxy) is 2. The van der Waals surface area contributed by atoms with Gasteiger partial charge in [-0.25, -0.2) is 4.79 Å². The van der Waals surface area contributed by atoms with E-state index in [9.17, 15) is 4.79 Å². The number of hydrogen-bond acceptors (Lipinski definition) is 4. The molecule has 2 heterocycles. The Kier molecular flexibility index (Phi) is 6.02. The zero-order valence-corrected chi connectivity index (χ0v) is 17.4. The molecule has 0 aliphatic carbocycles. The van der Waals surface area contributed by atoms with Gasteiger partial charge < -0.3 is 9.47 Å². The lowest BCUT2D eigenvalue weighted by atomic mass is 9.85. The molecule has 4 heteroatoms. The van der Waals surface area contributed by atoms with Gasteiger partial charge >= 0.3 is 5.97 Å². The fraction of sp³-hybridized carbons (Fsp3) is 0.480. The second kappa shape index (κ2) is 8.68. The Morgan fingerprint density at radius 1 is 0.966 bits per heavy atom. The minimum absolute atomic E-state index is 0.0803. The first-order chi connectivity index (χ1) is 14.2. The summed E-state index contributed by atoms with van der Waals surface area (Å²) in [5, 5.41) is 0. The van der Waals surface area contributed by atoms with E-state index in [-0.39, 0.29) is 12.1 Å². The van der Waals surface area contributed by atoms with Crippen molar-refractivity contribution in [2.75, 3.05) is 13.7 Å². The Morgan fingerprint density at radius 2 is 1.55 bits per heavy atom. The van der Waals surface area contributed by atoms with E-state index in [0.29, 0.717) is 18.7 Å². The molecule has 2 bridgehead atoms. The number of benzene rings is 2. The van der Waals surface area contributed by atoms with Gasteiger partial charge in [-0.05, 0) is 50.3 Å². The summed E-state index contributed by atoms with van der Waals surface area (Å²) < 4.78 is 12.6. The molecule has 2 fully saturated rings. The third-order valence-electron chi connectivity index (χ3n) is 6.54. The smallest absolute Gasteiger partial charge is 0.348 e. The highest BCUT2D eigenvalue weighted by Crippen LogP contribution is 2.40. The lowest BCUT2D eigenvalue weighted by Gasteiger charge is -2.39. The highest BCUT2D eigenvalue weighted by atomic mass is 16.6. The molecule has 2 aliphatic heterocycles. The van der Waals surface area contributed by atoms with Crippen LogP contribution in [0.25, 0.3) is 0 Å². The van der Waals surface area contributed by atoms with Gasteiger partial charge in [-0.15, -0.1) is 0 Å². The van der Waals surface area contributed by atoms with Crippen LogP contribution in [0.1, 0.15) is 50.2 Å². The number of hydrogen-bond donors (Lipinski definition) is 0. The van der Waals surface area contributed by atoms with Crippen LogP contribution in [0.15, 0.2) is 60.7 Å². The van der Waals surface area contributed by atoms with Gasteiger partial charge in [-0.2, -0.15) is 0 Å². The number of esters is 1. The molecule has 154 valence electrons. The van der Waals surface area contributed by atoms with Crippen molar-refractivity contribution in [1.82, 2.24) is 4.90 Å². The summed E-state index contributed by atoms with van der Waals surface area (Å²) in [6.45, 7) is 2.54. The molecule has 0 aromatic heterocycles. The predicted octanol–water partition coefficient (Wildman–Crippen LogP) is 4.53. The lowest BCUT2D eigenvalue weighted by molar-refractivity contribution is -0.179. The Balaban J connectivity index is 1.72. The van der Waals surface area contributed by atoms with Crippen LogP contribution in [-0.2, 0) is 19.9 Å². The third-order valence-corrected chi connectivity index (χ3v) is 6.54. The molecule has 0 unspecified atom stereocenters. The van der Waals surface area contributed by atoms with Crippen molar-refractivity contribution in [2.24, 2.45) is 0 Å². The van der Waals surface area contributed by atoms with Gasteiger partial charge in [0.25, 0.3) is 0 Å². The maximum Gasteiger partial charge on any atom is 0.348 e. The van der Waals surface area contributed by atoms with E-state index in [2.05, 4.69) is 18.9 Å². The second-order valence-corrected chi connectivity index (χ2v) is 8.25. The summed E-state index contributed by atoms with van der Waals surface area (Å²) >= 11 is 0. The summed E-state index contributed by atoms with van der Waals surface area (Å²) in [7, 11) is 2.16. The molecule has 0 amide bonds. The standard InChI is InChI=1S/C25H31NO3/c1-3-18-28-25(19-10-6-4-7-11-19,20-12-8-5-9-13-20)24(27)29-23-17-15-21-14-16-22(23)26(21)2/h4-13,21-23H,3,14-18H2,1-2H3/t21-,22-,23+/m0/s1. The number of nitrogens with zero attached hydrogens (tertiary/aromatic N) is 1. The average Bonchev–Trinajstić information content (AvgIpc) is 2.99. The molecular formula is C25H31NO3. The molecule has 2 aromatic rings. The van der Waals surface area contributed by atoms with Crippen LogP contribution < -0.4 is 0 Å². The largest absolute Gasteiger partial charge is 0.458 e. The van der Waals surface area contributed by atoms with Crippen LogP contribution in [-0.4, -0.2) is 42.7 Å². The zero-order chi connectivity index (χ0) is 20.3. The van der Waals surface area contributed by atoms with E-state index in [1.54, 1.807) is 0 Å². The summed E-state index contributed by atoms with van der Waals surface area (Å²) in [6.07, 6.45) is 5.06. The van der Waals surface area contributed by atoms with Crippen molar-refractivity contribution < 1.29 is 14.3 Å². The first-order valence-electron chi connectivity index (χ1n) is 10.8. The van der Waals surface area contributed by atoms with Crippen molar-refractivity contribution in [3.05, 3.63) is 71.8 Å². The van der Waals surface area contributed by atoms with E-state index >= 15 is 0 Å². The zero-order valence-electron chi connectivity index (χ0n) is 17.4. The van der Waals surface area contributed by atoms with Crippen LogP contribution in [0.3, 0.4) is 0 Å². The molecule has 4 rings (SSSR count). The van der Waals surface area contributed by atoms with Crippen molar-refractivity contribution in [1.29, 1.82) is 0 Å². The average molecular weight is 394 g/mol. The SMILES string of the molecule is CCCOC(C(=O)O[C@@H]1CC[C@@H]2CC[C@@H]1N2C)(c1ccccc1)c1ccccc1. The van der Waals surface area contributed by atoms with Gasteiger partial charge in [-0.1, -0.05) is 67.6 Å². The monoisotopic (exact) mass is 393 g/mol. The topological polar surface area (TPSA) is 38.8 Å². The van der Waals surface area contributed by atoms with Gasteiger partial charge in [0.15, 0.2) is 0 Å². The second-order valence-electron chi connectivity index (χ2n) is 8.25. The van der Waals surface area contributed by atoms with Crippen LogP contribution in [0.5, 0.6) is 0 Å². The number of carbonyl (C=O) groups is 1. The van der Waals surface area contributed by atoms with Crippen molar-refractivity contribution >= 4 is 5.97 Å². The molecule has 0 saturated carbocycles. The molecule has 2 aliphatic rings. The fourth-order valence-electron chi connectivity index (χ4n) is 4.97. The van der Waals surface area contributed by atoms with Gasteiger partial charge in [0.05, 0.1) is 0 Å². The molecule has 4 nitrogen and oxygen atoms in total. The fourth-order valence-corrected chi connectivity index (χ4v) is 4.97. The van der Waals surface area contributed by atoms with Crippen molar-refractivity contribution in [3.63, 3.8) is 0 Å². The van der Waals surface area contributed by atoms with E-state index in [1.807, 2.05) is 60.7 Å². The molecule has 2 saturated heterocycles. The van der Waals surface area contributed by atoms with Gasteiger partial charge in [0.2, 0.25) is 5.60 Å². The Morgan fingerprint density at radius 3 is 2.14 bits per heavy atom. The van der Waals surface area contributed by atoms with Crippen LogP contribution >= 0.6 is 0 Å². The maximum absolute atomic E-state index is 13.9. The van der Waals surface area contributed by atoms with Crippen LogP contribution in [0.2, 0.25) is 0 Å². The first kappa shape index (κ1) is 20.1. The molecule has 3 atom stereocenters. The summed E-state index contributed by atoms with van der Waals surface area (Å²) in [4.78, 5) is 16.3. The number of fused-ring (bicyclic) bond motifs is 2. The quantitative estimate of drug-likeness (QED) is 0.648. The lowest BCUT2D eigenvalue weighted by Crippen LogP contribution is -2.50. The van der Waals surface area contributed by atoms with Gasteiger partial charge in [0, 0.05) is 18.7 Å². The number of carbonyl (C=O) groups excluding carboxylic acids is 1. The highest BCUT2D eigenvalue weighted by molar-refractivity contribution is 5.86. The maximum atomic E-state index is 13.9. The summed E-state index contributed by atoms with van der Waals surface area (Å²) in [6, 6.07) is 20.5. The Labute approximate surface area is 173 Å². The molecular weight excluding hydrogens is 362 g/mol. The molecule has 29 heavy (non-hydrogen) atoms. The number of piperidine rings is 1. The molecule has 0 radical (unpaired) electrons. The predicted molar refractivity (Wildman–Crippen MR) is 114 cm³/mol. The minimum atomic E-state index is -1.24. The van der Waals surface area contributed by atoms with Gasteiger partial charge in [-0.3, -0.25) is 4.90 Å². The molecule has 0 spiro atoms. The van der Waals surface area contributed by atoms with E-state index in [0.717, 1.165) is 36.8 Å². The highest BCUT2D eigenvalue weighted by Gasteiger charge is 2.48. The molecule has 2 aromatic carbocycles. The van der Waals surface area contributed by atoms with Crippen LogP contribution in [0, 0.1) is 0 Å². The van der Waals surface area contributed by atoms with E-state index in [1.165, 1.54) is 6.42 Å². The van der Waals surface area contributed by atoms with E-state index in [4.69, 9.17) is 9.47 Å². The summed E-state index contributed by atoms with van der Waals surface area (Å²) in [5.41, 5.74) is 0.392. The van der Waals surface area contributed by atoms with E-state index < -0.39 is 5.60 Å². The molecule has 0 N–H and O–H groups in total. The number of rotatable bonds is 7. The Hall–Kier alpha value is -2.17. The number of likely N-dealkylation sites (N-methyl/N-ethyl adjacent to an activating group) is 1. The summed E-state index contributed by atoms with van der Waals surface area (Å²) in [5.74, 6) is -0.299. The van der Waals surface area contributed by atoms with Crippen molar-refractivity contribution in [3.8, 4) is 0 Å².